The number of nitrogens with one attached hydrogen (secondary N) is 1. The molecular formula is C9H8BrF2N. The van der Waals surface area contributed by atoms with Gasteiger partial charge in [-0.25, -0.2) is 8.78 Å². The predicted molar refractivity (Wildman–Crippen MR) is 51.3 cm³/mol. The molecule has 1 aliphatic rings. The van der Waals surface area contributed by atoms with Gasteiger partial charge in [0.15, 0.2) is 0 Å². The van der Waals surface area contributed by atoms with Gasteiger partial charge in [0.2, 0.25) is 0 Å². The second kappa shape index (κ2) is 2.94. The molecule has 0 amide bonds. The van der Waals surface area contributed by atoms with Crippen molar-refractivity contribution in [2.75, 3.05) is 11.9 Å². The Morgan fingerprint density at radius 1 is 1.38 bits per heavy atom. The normalized spacial score (nSPS) is 19.0. The molecule has 1 N–H and O–H groups in total. The fraction of sp³-hybridized carbons (Fsp3) is 0.333. The van der Waals surface area contributed by atoms with Crippen LogP contribution in [0.4, 0.5) is 14.5 Å². The molecule has 0 spiro atoms. The first-order valence-electron chi connectivity index (χ1n) is 3.98. The van der Waals surface area contributed by atoms with Crippen LogP contribution in [0.2, 0.25) is 0 Å². The van der Waals surface area contributed by atoms with Gasteiger partial charge in [0.25, 0.3) is 5.92 Å². The van der Waals surface area contributed by atoms with E-state index in [1.807, 2.05) is 6.07 Å². The van der Waals surface area contributed by atoms with E-state index in [0.29, 0.717) is 5.56 Å². The number of hydrogen-bond donors (Lipinski definition) is 1. The Morgan fingerprint density at radius 3 is 2.92 bits per heavy atom. The van der Waals surface area contributed by atoms with Gasteiger partial charge in [-0.15, -0.1) is 0 Å². The highest BCUT2D eigenvalue weighted by Gasteiger charge is 2.34. The Labute approximate surface area is 83.3 Å². The molecule has 1 nitrogen and oxygen atoms in total. The summed E-state index contributed by atoms with van der Waals surface area (Å²) in [6.45, 7) is -0.275. The first-order valence-corrected chi connectivity index (χ1v) is 4.77. The number of alkyl halides is 2. The van der Waals surface area contributed by atoms with Crippen LogP contribution in [0, 0.1) is 0 Å². The van der Waals surface area contributed by atoms with Crippen molar-refractivity contribution in [3.05, 3.63) is 28.2 Å². The smallest absolute Gasteiger partial charge is 0.269 e. The fourth-order valence-electron chi connectivity index (χ4n) is 1.47. The average molecular weight is 248 g/mol. The second-order valence-electron chi connectivity index (χ2n) is 3.16. The van der Waals surface area contributed by atoms with Crippen molar-refractivity contribution < 1.29 is 8.78 Å². The van der Waals surface area contributed by atoms with Crippen molar-refractivity contribution in [3.63, 3.8) is 0 Å². The number of para-hydroxylation sites is 1. The van der Waals surface area contributed by atoms with Crippen molar-refractivity contribution in [1.29, 1.82) is 0 Å². The third-order valence-electron chi connectivity index (χ3n) is 2.07. The van der Waals surface area contributed by atoms with Gasteiger partial charge < -0.3 is 5.32 Å². The summed E-state index contributed by atoms with van der Waals surface area (Å²) in [6, 6.07) is 5.33. The van der Waals surface area contributed by atoms with E-state index in [2.05, 4.69) is 21.2 Å². The van der Waals surface area contributed by atoms with Crippen LogP contribution in [-0.2, 0) is 6.42 Å². The molecule has 0 aromatic heterocycles. The van der Waals surface area contributed by atoms with Gasteiger partial charge in [-0.1, -0.05) is 12.1 Å². The molecule has 0 saturated carbocycles. The maximum atomic E-state index is 12.9. The van der Waals surface area contributed by atoms with Gasteiger partial charge >= 0.3 is 0 Å². The monoisotopic (exact) mass is 247 g/mol. The lowest BCUT2D eigenvalue weighted by atomic mass is 10.0. The molecule has 4 heteroatoms. The molecule has 0 atom stereocenters. The molecule has 1 heterocycles. The van der Waals surface area contributed by atoms with Crippen molar-refractivity contribution in [2.24, 2.45) is 0 Å². The Kier molecular flexibility index (Phi) is 2.02. The first kappa shape index (κ1) is 8.94. The van der Waals surface area contributed by atoms with E-state index in [-0.39, 0.29) is 13.0 Å². The van der Waals surface area contributed by atoms with E-state index >= 15 is 0 Å². The van der Waals surface area contributed by atoms with Crippen LogP contribution >= 0.6 is 15.9 Å². The molecule has 1 aromatic carbocycles. The lowest BCUT2D eigenvalue weighted by Crippen LogP contribution is -2.34. The zero-order valence-corrected chi connectivity index (χ0v) is 8.37. The number of benzene rings is 1. The predicted octanol–water partition coefficient (Wildman–Crippen LogP) is 3.05. The largest absolute Gasteiger partial charge is 0.378 e. The van der Waals surface area contributed by atoms with Crippen LogP contribution in [-0.4, -0.2) is 12.5 Å². The molecule has 70 valence electrons. The van der Waals surface area contributed by atoms with E-state index in [0.717, 1.165) is 10.2 Å². The van der Waals surface area contributed by atoms with Crippen LogP contribution in [0.15, 0.2) is 22.7 Å². The van der Waals surface area contributed by atoms with Crippen LogP contribution in [0.3, 0.4) is 0 Å². The van der Waals surface area contributed by atoms with E-state index in [1.165, 1.54) is 0 Å². The molecular weight excluding hydrogens is 240 g/mol. The standard InChI is InChI=1S/C9H8BrF2N/c10-7-3-1-2-6-4-9(11,12)5-13-8(6)7/h1-3,13H,4-5H2. The summed E-state index contributed by atoms with van der Waals surface area (Å²) in [7, 11) is 0. The van der Waals surface area contributed by atoms with E-state index in [4.69, 9.17) is 0 Å². The number of hydrogen-bond acceptors (Lipinski definition) is 1. The summed E-state index contributed by atoms with van der Waals surface area (Å²) in [4.78, 5) is 0. The highest BCUT2D eigenvalue weighted by atomic mass is 79.9. The second-order valence-corrected chi connectivity index (χ2v) is 4.01. The number of fused-ring (bicyclic) bond motifs is 1. The number of halogens is 3. The molecule has 0 bridgehead atoms. The van der Waals surface area contributed by atoms with Gasteiger partial charge in [-0.2, -0.15) is 0 Å². The maximum absolute atomic E-state index is 12.9. The van der Waals surface area contributed by atoms with Crippen LogP contribution in [0.5, 0.6) is 0 Å². The Hall–Kier alpha value is -0.640. The number of anilines is 1. The van der Waals surface area contributed by atoms with Crippen LogP contribution < -0.4 is 5.32 Å². The highest BCUT2D eigenvalue weighted by Crippen LogP contribution is 2.35. The van der Waals surface area contributed by atoms with E-state index < -0.39 is 5.92 Å². The Bertz CT molecular complexity index is 338. The average Bonchev–Trinajstić information content (AvgIpc) is 2.02. The SMILES string of the molecule is FC1(F)CNc2c(Br)cccc2C1. The molecule has 0 saturated heterocycles. The molecule has 13 heavy (non-hydrogen) atoms. The van der Waals surface area contributed by atoms with Gasteiger partial charge in [0, 0.05) is 10.9 Å². The minimum Gasteiger partial charge on any atom is -0.378 e. The molecule has 0 fully saturated rings. The lowest BCUT2D eigenvalue weighted by Gasteiger charge is -2.26. The fourth-order valence-corrected chi connectivity index (χ4v) is 2.02. The summed E-state index contributed by atoms with van der Waals surface area (Å²) in [6.07, 6.45) is -0.172. The number of rotatable bonds is 0. The van der Waals surface area contributed by atoms with Crippen molar-refractivity contribution in [3.8, 4) is 0 Å². The minimum atomic E-state index is -2.62. The Balaban J connectivity index is 2.42. The topological polar surface area (TPSA) is 12.0 Å². The summed E-state index contributed by atoms with van der Waals surface area (Å²) in [5, 5.41) is 2.72. The summed E-state index contributed by atoms with van der Waals surface area (Å²) in [5.41, 5.74) is 1.47. The van der Waals surface area contributed by atoms with Gasteiger partial charge in [-0.3, -0.25) is 0 Å². The molecule has 0 unspecified atom stereocenters. The zero-order valence-electron chi connectivity index (χ0n) is 6.78. The van der Waals surface area contributed by atoms with Crippen LogP contribution in [0.1, 0.15) is 5.56 Å². The van der Waals surface area contributed by atoms with E-state index in [1.54, 1.807) is 12.1 Å². The van der Waals surface area contributed by atoms with Crippen molar-refractivity contribution in [2.45, 2.75) is 12.3 Å². The lowest BCUT2D eigenvalue weighted by molar-refractivity contribution is 0.0129. The first-order chi connectivity index (χ1) is 6.08. The third-order valence-corrected chi connectivity index (χ3v) is 2.73. The van der Waals surface area contributed by atoms with Gasteiger partial charge in [0.05, 0.1) is 12.2 Å². The minimum absolute atomic E-state index is 0.172. The van der Waals surface area contributed by atoms with Gasteiger partial charge in [-0.05, 0) is 27.6 Å². The summed E-state index contributed by atoms with van der Waals surface area (Å²) >= 11 is 3.31. The molecule has 0 radical (unpaired) electrons. The van der Waals surface area contributed by atoms with Gasteiger partial charge in [0.1, 0.15) is 0 Å². The molecule has 0 aliphatic carbocycles. The van der Waals surface area contributed by atoms with Crippen molar-refractivity contribution in [1.82, 2.24) is 0 Å². The third kappa shape index (κ3) is 1.68. The quantitative estimate of drug-likeness (QED) is 0.744. The zero-order chi connectivity index (χ0) is 9.47. The van der Waals surface area contributed by atoms with Crippen molar-refractivity contribution >= 4 is 21.6 Å². The van der Waals surface area contributed by atoms with Crippen LogP contribution in [0.25, 0.3) is 0 Å². The van der Waals surface area contributed by atoms with E-state index in [9.17, 15) is 8.78 Å². The summed E-state index contributed by atoms with van der Waals surface area (Å²) in [5.74, 6) is -2.62. The summed E-state index contributed by atoms with van der Waals surface area (Å²) < 4.78 is 26.7. The molecule has 1 aromatic rings. The maximum Gasteiger partial charge on any atom is 0.269 e. The molecule has 1 aliphatic heterocycles. The highest BCUT2D eigenvalue weighted by molar-refractivity contribution is 9.10. The molecule has 2 rings (SSSR count). The Morgan fingerprint density at radius 2 is 2.15 bits per heavy atom.